The van der Waals surface area contributed by atoms with E-state index in [-0.39, 0.29) is 5.91 Å². The van der Waals surface area contributed by atoms with Gasteiger partial charge in [-0.3, -0.25) is 4.79 Å². The molecule has 0 aliphatic carbocycles. The Morgan fingerprint density at radius 3 is 3.00 bits per heavy atom. The second-order valence-electron chi connectivity index (χ2n) is 2.95. The summed E-state index contributed by atoms with van der Waals surface area (Å²) in [5, 5.41) is 5.19. The minimum Gasteiger partial charge on any atom is -0.460 e. The molecule has 1 aliphatic rings. The molecule has 0 radical (unpaired) electrons. The van der Waals surface area contributed by atoms with Crippen LogP contribution in [0.15, 0.2) is 21.7 Å². The van der Waals surface area contributed by atoms with Gasteiger partial charge in [-0.25, -0.2) is 0 Å². The first-order valence-electron chi connectivity index (χ1n) is 4.27. The van der Waals surface area contributed by atoms with E-state index >= 15 is 0 Å². The van der Waals surface area contributed by atoms with Gasteiger partial charge < -0.3 is 4.42 Å². The standard InChI is InChI=1S/C9H8N2O2S2/c1-6-2-3-7(13-6)4-10-11-8(12)5-15-9(11)14/h2-4H,5H2,1H3/b10-4-. The molecule has 0 saturated carbocycles. The predicted octanol–water partition coefficient (Wildman–Crippen LogP) is 1.78. The van der Waals surface area contributed by atoms with Crippen LogP contribution in [-0.2, 0) is 4.79 Å². The molecule has 1 fully saturated rings. The molecule has 1 amide bonds. The van der Waals surface area contributed by atoms with Gasteiger partial charge in [-0.15, -0.1) is 0 Å². The molecule has 0 spiro atoms. The van der Waals surface area contributed by atoms with Crippen molar-refractivity contribution in [3.05, 3.63) is 23.7 Å². The molecule has 0 aromatic carbocycles. The van der Waals surface area contributed by atoms with Crippen molar-refractivity contribution in [2.75, 3.05) is 5.75 Å². The molecule has 1 aliphatic heterocycles. The van der Waals surface area contributed by atoms with Gasteiger partial charge in [-0.1, -0.05) is 24.0 Å². The largest absolute Gasteiger partial charge is 0.460 e. The van der Waals surface area contributed by atoms with Gasteiger partial charge in [0.1, 0.15) is 11.5 Å². The van der Waals surface area contributed by atoms with Crippen LogP contribution in [0.4, 0.5) is 0 Å². The van der Waals surface area contributed by atoms with Gasteiger partial charge in [-0.2, -0.15) is 10.1 Å². The Morgan fingerprint density at radius 1 is 1.67 bits per heavy atom. The second kappa shape index (κ2) is 4.16. The molecule has 1 aromatic heterocycles. The van der Waals surface area contributed by atoms with Crippen LogP contribution in [0.2, 0.25) is 0 Å². The summed E-state index contributed by atoms with van der Waals surface area (Å²) in [6, 6.07) is 3.62. The van der Waals surface area contributed by atoms with Gasteiger partial charge in [0.2, 0.25) is 0 Å². The first kappa shape index (κ1) is 10.4. The van der Waals surface area contributed by atoms with Crippen molar-refractivity contribution in [1.82, 2.24) is 5.01 Å². The van der Waals surface area contributed by atoms with Crippen molar-refractivity contribution in [2.24, 2.45) is 5.10 Å². The third kappa shape index (κ3) is 2.27. The lowest BCUT2D eigenvalue weighted by atomic mass is 10.4. The Labute approximate surface area is 96.3 Å². The van der Waals surface area contributed by atoms with E-state index < -0.39 is 0 Å². The zero-order chi connectivity index (χ0) is 10.8. The maximum absolute atomic E-state index is 11.3. The van der Waals surface area contributed by atoms with Gasteiger partial charge in [0.25, 0.3) is 5.91 Å². The molecular weight excluding hydrogens is 232 g/mol. The molecule has 2 rings (SSSR count). The number of hydrazone groups is 1. The zero-order valence-corrected chi connectivity index (χ0v) is 9.60. The van der Waals surface area contributed by atoms with E-state index in [2.05, 4.69) is 5.10 Å². The lowest BCUT2D eigenvalue weighted by molar-refractivity contribution is -0.123. The Kier molecular flexibility index (Phi) is 2.88. The Bertz CT molecular complexity index is 423. The highest BCUT2D eigenvalue weighted by Gasteiger charge is 2.25. The summed E-state index contributed by atoms with van der Waals surface area (Å²) < 4.78 is 5.76. The number of carbonyl (C=O) groups is 1. The Hall–Kier alpha value is -1.14. The summed E-state index contributed by atoms with van der Waals surface area (Å²) in [6.07, 6.45) is 1.49. The molecule has 6 heteroatoms. The minimum atomic E-state index is -0.0930. The van der Waals surface area contributed by atoms with E-state index in [1.54, 1.807) is 6.07 Å². The highest BCUT2D eigenvalue weighted by molar-refractivity contribution is 8.23. The Balaban J connectivity index is 2.11. The van der Waals surface area contributed by atoms with Crippen LogP contribution in [0, 0.1) is 6.92 Å². The summed E-state index contributed by atoms with van der Waals surface area (Å²) in [5.74, 6) is 1.69. The zero-order valence-electron chi connectivity index (χ0n) is 7.97. The topological polar surface area (TPSA) is 45.8 Å². The molecule has 0 N–H and O–H groups in total. The van der Waals surface area contributed by atoms with E-state index in [1.807, 2.05) is 13.0 Å². The third-order valence-electron chi connectivity index (χ3n) is 1.79. The minimum absolute atomic E-state index is 0.0930. The number of carbonyl (C=O) groups excluding carboxylic acids is 1. The van der Waals surface area contributed by atoms with Crippen LogP contribution in [0.5, 0.6) is 0 Å². The number of rotatable bonds is 2. The van der Waals surface area contributed by atoms with Crippen molar-refractivity contribution >= 4 is 40.4 Å². The van der Waals surface area contributed by atoms with Gasteiger partial charge in [0.15, 0.2) is 4.32 Å². The Morgan fingerprint density at radius 2 is 2.47 bits per heavy atom. The van der Waals surface area contributed by atoms with E-state index in [9.17, 15) is 4.79 Å². The van der Waals surface area contributed by atoms with Crippen LogP contribution < -0.4 is 0 Å². The molecule has 1 saturated heterocycles. The maximum atomic E-state index is 11.3. The van der Waals surface area contributed by atoms with Crippen molar-refractivity contribution in [3.8, 4) is 0 Å². The smallest absolute Gasteiger partial charge is 0.259 e. The van der Waals surface area contributed by atoms with E-state index in [1.165, 1.54) is 23.0 Å². The van der Waals surface area contributed by atoms with Crippen LogP contribution >= 0.6 is 24.0 Å². The lowest BCUT2D eigenvalue weighted by Crippen LogP contribution is -2.22. The second-order valence-corrected chi connectivity index (χ2v) is 4.56. The SMILES string of the molecule is Cc1ccc(/C=N\N2C(=O)CSC2=S)o1. The van der Waals surface area contributed by atoms with Crippen LogP contribution in [-0.4, -0.2) is 27.2 Å². The number of furan rings is 1. The van der Waals surface area contributed by atoms with E-state index in [0.717, 1.165) is 5.76 Å². The fourth-order valence-electron chi connectivity index (χ4n) is 1.10. The number of amides is 1. The monoisotopic (exact) mass is 240 g/mol. The average Bonchev–Trinajstić information content (AvgIpc) is 2.73. The van der Waals surface area contributed by atoms with Crippen LogP contribution in [0.25, 0.3) is 0 Å². The molecular formula is C9H8N2O2S2. The van der Waals surface area contributed by atoms with Crippen LogP contribution in [0.1, 0.15) is 11.5 Å². The van der Waals surface area contributed by atoms with Gasteiger partial charge in [0.05, 0.1) is 12.0 Å². The van der Waals surface area contributed by atoms with Crippen molar-refractivity contribution in [1.29, 1.82) is 0 Å². The number of thiocarbonyl (C=S) groups is 1. The highest BCUT2D eigenvalue weighted by Crippen LogP contribution is 2.19. The van der Waals surface area contributed by atoms with Crippen molar-refractivity contribution in [3.63, 3.8) is 0 Å². The quantitative estimate of drug-likeness (QED) is 0.584. The summed E-state index contributed by atoms with van der Waals surface area (Å²) in [7, 11) is 0. The third-order valence-corrected chi connectivity index (χ3v) is 3.13. The number of hydrogen-bond acceptors (Lipinski definition) is 5. The van der Waals surface area contributed by atoms with Gasteiger partial charge in [-0.05, 0) is 19.1 Å². The predicted molar refractivity (Wildman–Crippen MR) is 62.9 cm³/mol. The summed E-state index contributed by atoms with van der Waals surface area (Å²) in [6.45, 7) is 1.85. The maximum Gasteiger partial charge on any atom is 0.259 e. The number of thioether (sulfide) groups is 1. The van der Waals surface area contributed by atoms with Gasteiger partial charge in [0, 0.05) is 0 Å². The van der Waals surface area contributed by atoms with E-state index in [4.69, 9.17) is 16.6 Å². The van der Waals surface area contributed by atoms with Gasteiger partial charge >= 0.3 is 0 Å². The number of hydrogen-bond donors (Lipinski definition) is 0. The van der Waals surface area contributed by atoms with Crippen LogP contribution in [0.3, 0.4) is 0 Å². The fraction of sp³-hybridized carbons (Fsp3) is 0.222. The lowest BCUT2D eigenvalue weighted by Gasteiger charge is -2.05. The first-order chi connectivity index (χ1) is 7.16. The summed E-state index contributed by atoms with van der Waals surface area (Å²) in [4.78, 5) is 11.3. The molecule has 0 bridgehead atoms. The molecule has 0 unspecified atom stereocenters. The fourth-order valence-corrected chi connectivity index (χ4v) is 2.06. The summed E-state index contributed by atoms with van der Waals surface area (Å²) in [5.41, 5.74) is 0. The first-order valence-corrected chi connectivity index (χ1v) is 5.66. The molecule has 78 valence electrons. The number of aryl methyl sites for hydroxylation is 1. The molecule has 15 heavy (non-hydrogen) atoms. The summed E-state index contributed by atoms with van der Waals surface area (Å²) >= 11 is 6.28. The molecule has 2 heterocycles. The molecule has 4 nitrogen and oxygen atoms in total. The highest BCUT2D eigenvalue weighted by atomic mass is 32.2. The number of nitrogens with zero attached hydrogens (tertiary/aromatic N) is 2. The van der Waals surface area contributed by atoms with Crippen molar-refractivity contribution in [2.45, 2.75) is 6.92 Å². The van der Waals surface area contributed by atoms with E-state index in [0.29, 0.717) is 15.8 Å². The van der Waals surface area contributed by atoms with Crippen molar-refractivity contribution < 1.29 is 9.21 Å². The molecule has 1 aromatic rings. The molecule has 0 atom stereocenters. The average molecular weight is 240 g/mol. The normalized spacial score (nSPS) is 17.0.